The molecule has 0 aliphatic rings. The van der Waals surface area contributed by atoms with Crippen LogP contribution in [0.25, 0.3) is 0 Å². The van der Waals surface area contributed by atoms with Crippen molar-refractivity contribution in [3.8, 4) is 11.6 Å². The molecule has 110 valence electrons. The van der Waals surface area contributed by atoms with Gasteiger partial charge in [-0.25, -0.2) is 0 Å². The predicted octanol–water partition coefficient (Wildman–Crippen LogP) is 3.88. The van der Waals surface area contributed by atoms with Gasteiger partial charge in [-0.15, -0.1) is 0 Å². The van der Waals surface area contributed by atoms with Crippen LogP contribution in [0.1, 0.15) is 31.7 Å². The van der Waals surface area contributed by atoms with E-state index in [1.807, 2.05) is 24.3 Å². The van der Waals surface area contributed by atoms with Crippen molar-refractivity contribution in [2.24, 2.45) is 0 Å². The zero-order valence-corrected chi connectivity index (χ0v) is 11.9. The van der Waals surface area contributed by atoms with Gasteiger partial charge in [-0.05, 0) is 30.0 Å². The van der Waals surface area contributed by atoms with Crippen molar-refractivity contribution in [3.63, 3.8) is 0 Å². The molecule has 6 heteroatoms. The minimum atomic E-state index is -0.531. The van der Waals surface area contributed by atoms with E-state index in [4.69, 9.17) is 10.5 Å². The molecule has 0 radical (unpaired) electrons. The number of hydrogen-bond acceptors (Lipinski definition) is 5. The highest BCUT2D eigenvalue weighted by Gasteiger charge is 2.11. The summed E-state index contributed by atoms with van der Waals surface area (Å²) in [6, 6.07) is 10.0. The summed E-state index contributed by atoms with van der Waals surface area (Å²) in [6.07, 6.45) is 1.06. The Kier molecular flexibility index (Phi) is 4.37. The molecule has 1 unspecified atom stereocenters. The smallest absolute Gasteiger partial charge is 0.278 e. The topological polar surface area (TPSA) is 91.3 Å². The van der Waals surface area contributed by atoms with E-state index in [9.17, 15) is 10.1 Å². The largest absolute Gasteiger partial charge is 0.439 e. The van der Waals surface area contributed by atoms with Crippen LogP contribution in [0.5, 0.6) is 11.6 Å². The second-order valence-electron chi connectivity index (χ2n) is 4.83. The number of pyridine rings is 1. The van der Waals surface area contributed by atoms with Gasteiger partial charge in [-0.3, -0.25) is 10.1 Å². The van der Waals surface area contributed by atoms with E-state index >= 15 is 0 Å². The maximum absolute atomic E-state index is 10.8. The van der Waals surface area contributed by atoms with Gasteiger partial charge in [-0.2, -0.15) is 4.98 Å². The molecule has 0 aliphatic heterocycles. The molecule has 0 bridgehead atoms. The first-order valence-corrected chi connectivity index (χ1v) is 6.69. The van der Waals surface area contributed by atoms with E-state index in [1.54, 1.807) is 0 Å². The summed E-state index contributed by atoms with van der Waals surface area (Å²) in [7, 11) is 0. The van der Waals surface area contributed by atoms with Gasteiger partial charge in [0.05, 0.1) is 17.1 Å². The summed E-state index contributed by atoms with van der Waals surface area (Å²) in [4.78, 5) is 14.2. The van der Waals surface area contributed by atoms with E-state index < -0.39 is 4.92 Å². The van der Waals surface area contributed by atoms with Crippen molar-refractivity contribution in [3.05, 3.63) is 52.1 Å². The lowest BCUT2D eigenvalue weighted by Gasteiger charge is -2.10. The number of aromatic nitrogens is 1. The third-order valence-corrected chi connectivity index (χ3v) is 3.30. The SMILES string of the molecule is CCC(C)c1ccc(Oc2cc([N+](=O)[O-])cc(N)n2)cc1. The van der Waals surface area contributed by atoms with Crippen molar-refractivity contribution >= 4 is 11.5 Å². The Hall–Kier alpha value is -2.63. The fraction of sp³-hybridized carbons (Fsp3) is 0.267. The third-order valence-electron chi connectivity index (χ3n) is 3.30. The van der Waals surface area contributed by atoms with Gasteiger partial charge >= 0.3 is 0 Å². The Morgan fingerprint density at radius 1 is 1.33 bits per heavy atom. The van der Waals surface area contributed by atoms with Gasteiger partial charge in [0.15, 0.2) is 0 Å². The number of anilines is 1. The van der Waals surface area contributed by atoms with Crippen LogP contribution in [0.4, 0.5) is 11.5 Å². The summed E-state index contributed by atoms with van der Waals surface area (Å²) >= 11 is 0. The molecule has 1 heterocycles. The molecule has 21 heavy (non-hydrogen) atoms. The Labute approximate surface area is 122 Å². The fourth-order valence-electron chi connectivity index (χ4n) is 1.89. The van der Waals surface area contributed by atoms with Crippen LogP contribution in [-0.2, 0) is 0 Å². The standard InChI is InChI=1S/C15H17N3O3/c1-3-10(2)11-4-6-13(7-5-11)21-15-9-12(18(19)20)8-14(16)17-15/h4-10H,3H2,1-2H3,(H2,16,17). The lowest BCUT2D eigenvalue weighted by Crippen LogP contribution is -1.97. The molecule has 2 rings (SSSR count). The first kappa shape index (κ1) is 14.8. The molecule has 0 fully saturated rings. The number of hydrogen-bond donors (Lipinski definition) is 1. The van der Waals surface area contributed by atoms with Gasteiger partial charge in [0.25, 0.3) is 5.69 Å². The lowest BCUT2D eigenvalue weighted by atomic mass is 9.99. The van der Waals surface area contributed by atoms with Crippen molar-refractivity contribution in [2.45, 2.75) is 26.2 Å². The molecule has 0 saturated heterocycles. The van der Waals surface area contributed by atoms with Gasteiger partial charge in [0.1, 0.15) is 11.6 Å². The summed E-state index contributed by atoms with van der Waals surface area (Å²) in [5.74, 6) is 1.20. The molecule has 1 aromatic heterocycles. The first-order chi connectivity index (χ1) is 9.99. The van der Waals surface area contributed by atoms with Crippen LogP contribution < -0.4 is 10.5 Å². The zero-order chi connectivity index (χ0) is 15.4. The van der Waals surface area contributed by atoms with Crippen molar-refractivity contribution in [2.75, 3.05) is 5.73 Å². The van der Waals surface area contributed by atoms with E-state index in [-0.39, 0.29) is 17.4 Å². The monoisotopic (exact) mass is 287 g/mol. The average Bonchev–Trinajstić information content (AvgIpc) is 2.46. The van der Waals surface area contributed by atoms with Gasteiger partial charge in [-0.1, -0.05) is 26.0 Å². The molecule has 2 N–H and O–H groups in total. The Bertz CT molecular complexity index is 641. The first-order valence-electron chi connectivity index (χ1n) is 6.69. The van der Waals surface area contributed by atoms with Crippen LogP contribution in [0.3, 0.4) is 0 Å². The molecule has 1 atom stereocenters. The van der Waals surface area contributed by atoms with Crippen molar-refractivity contribution in [1.82, 2.24) is 4.98 Å². The zero-order valence-electron chi connectivity index (χ0n) is 11.9. The van der Waals surface area contributed by atoms with Crippen LogP contribution in [-0.4, -0.2) is 9.91 Å². The summed E-state index contributed by atoms with van der Waals surface area (Å²) in [6.45, 7) is 4.28. The highest BCUT2D eigenvalue weighted by Crippen LogP contribution is 2.27. The summed E-state index contributed by atoms with van der Waals surface area (Å²) in [5.41, 5.74) is 6.61. The molecule has 6 nitrogen and oxygen atoms in total. The second kappa shape index (κ2) is 6.21. The summed E-state index contributed by atoms with van der Waals surface area (Å²) in [5, 5.41) is 10.8. The molecule has 2 aromatic rings. The molecular formula is C15H17N3O3. The average molecular weight is 287 g/mol. The minimum Gasteiger partial charge on any atom is -0.439 e. The molecule has 0 saturated carbocycles. The number of nitrogens with zero attached hydrogens (tertiary/aromatic N) is 2. The number of rotatable bonds is 5. The normalized spacial score (nSPS) is 11.9. The quantitative estimate of drug-likeness (QED) is 0.665. The predicted molar refractivity (Wildman–Crippen MR) is 80.5 cm³/mol. The molecular weight excluding hydrogens is 270 g/mol. The molecule has 0 spiro atoms. The third kappa shape index (κ3) is 3.68. The number of ether oxygens (including phenoxy) is 1. The Morgan fingerprint density at radius 2 is 2.00 bits per heavy atom. The Balaban J connectivity index is 2.20. The highest BCUT2D eigenvalue weighted by molar-refractivity contribution is 5.46. The van der Waals surface area contributed by atoms with Gasteiger partial charge < -0.3 is 10.5 Å². The van der Waals surface area contributed by atoms with Crippen molar-refractivity contribution < 1.29 is 9.66 Å². The van der Waals surface area contributed by atoms with E-state index in [0.717, 1.165) is 6.42 Å². The Morgan fingerprint density at radius 3 is 2.57 bits per heavy atom. The molecule has 0 amide bonds. The van der Waals surface area contributed by atoms with Crippen LogP contribution in [0, 0.1) is 10.1 Å². The number of benzene rings is 1. The maximum atomic E-state index is 10.8. The lowest BCUT2D eigenvalue weighted by molar-refractivity contribution is -0.384. The second-order valence-corrected chi connectivity index (χ2v) is 4.83. The molecule has 1 aromatic carbocycles. The number of nitrogens with two attached hydrogens (primary N) is 1. The van der Waals surface area contributed by atoms with E-state index in [0.29, 0.717) is 11.7 Å². The van der Waals surface area contributed by atoms with Crippen LogP contribution in [0.2, 0.25) is 0 Å². The number of nitrogen functional groups attached to an aromatic ring is 1. The minimum absolute atomic E-state index is 0.0513. The summed E-state index contributed by atoms with van der Waals surface area (Å²) < 4.78 is 5.52. The number of nitro groups is 1. The highest BCUT2D eigenvalue weighted by atomic mass is 16.6. The van der Waals surface area contributed by atoms with Gasteiger partial charge in [0, 0.05) is 0 Å². The fourth-order valence-corrected chi connectivity index (χ4v) is 1.89. The van der Waals surface area contributed by atoms with Crippen molar-refractivity contribution in [1.29, 1.82) is 0 Å². The van der Waals surface area contributed by atoms with Crippen LogP contribution in [0.15, 0.2) is 36.4 Å². The van der Waals surface area contributed by atoms with Crippen LogP contribution >= 0.6 is 0 Å². The van der Waals surface area contributed by atoms with E-state index in [1.165, 1.54) is 17.7 Å². The maximum Gasteiger partial charge on any atom is 0.278 e. The van der Waals surface area contributed by atoms with E-state index in [2.05, 4.69) is 18.8 Å². The molecule has 0 aliphatic carbocycles. The van der Waals surface area contributed by atoms with Gasteiger partial charge in [0.2, 0.25) is 5.88 Å².